The molecule has 152 valence electrons. The number of allylic oxidation sites excluding steroid dienone is 2. The molecule has 1 fully saturated rings. The van der Waals surface area contributed by atoms with E-state index in [2.05, 4.69) is 24.4 Å². The highest BCUT2D eigenvalue weighted by molar-refractivity contribution is 7.47. The van der Waals surface area contributed by atoms with Crippen LogP contribution in [0.1, 0.15) is 70.4 Å². The number of benzene rings is 1. The van der Waals surface area contributed by atoms with Gasteiger partial charge in [0.05, 0.1) is 11.0 Å². The van der Waals surface area contributed by atoms with Crippen molar-refractivity contribution < 1.29 is 14.3 Å². The van der Waals surface area contributed by atoms with E-state index >= 15 is 0 Å². The molecule has 2 N–H and O–H groups in total. The molecular formula is C23H32NO3P. The topological polar surface area (TPSA) is 66.4 Å². The number of anilines is 1. The molecule has 4 unspecified atom stereocenters. The van der Waals surface area contributed by atoms with E-state index in [0.29, 0.717) is 34.2 Å². The van der Waals surface area contributed by atoms with Gasteiger partial charge in [-0.3, -0.25) is 9.36 Å². The van der Waals surface area contributed by atoms with Gasteiger partial charge in [-0.15, -0.1) is 0 Å². The van der Waals surface area contributed by atoms with E-state index in [4.69, 9.17) is 0 Å². The summed E-state index contributed by atoms with van der Waals surface area (Å²) in [6.45, 7) is 7.97. The van der Waals surface area contributed by atoms with Crippen LogP contribution in [0.15, 0.2) is 24.3 Å². The fourth-order valence-electron chi connectivity index (χ4n) is 5.69. The minimum Gasteiger partial charge on any atom is -0.343 e. The summed E-state index contributed by atoms with van der Waals surface area (Å²) < 4.78 is 12.0. The van der Waals surface area contributed by atoms with E-state index in [1.54, 1.807) is 0 Å². The number of fused-ring (bicyclic) bond motifs is 5. The zero-order valence-electron chi connectivity index (χ0n) is 17.3. The maximum Gasteiger partial charge on any atom is 0.229 e. The monoisotopic (exact) mass is 401 g/mol. The zero-order valence-corrected chi connectivity index (χ0v) is 18.3. The lowest BCUT2D eigenvalue weighted by Gasteiger charge is -2.49. The smallest absolute Gasteiger partial charge is 0.229 e. The second kappa shape index (κ2) is 6.85. The third-order valence-corrected chi connectivity index (χ3v) is 8.22. The van der Waals surface area contributed by atoms with Crippen molar-refractivity contribution in [2.75, 3.05) is 5.32 Å². The Labute approximate surface area is 168 Å². The Balaban J connectivity index is 1.72. The fraction of sp³-hybridized carbons (Fsp3) is 0.609. The molecule has 0 aliphatic heterocycles. The molecule has 1 saturated carbocycles. The van der Waals surface area contributed by atoms with Gasteiger partial charge in [0.1, 0.15) is 0 Å². The Hall–Kier alpha value is -1.38. The summed E-state index contributed by atoms with van der Waals surface area (Å²) in [5.74, 6) is 1.72. The van der Waals surface area contributed by atoms with E-state index in [-0.39, 0.29) is 5.91 Å². The first-order valence-corrected chi connectivity index (χ1v) is 11.8. The number of amides is 1. The molecule has 1 aromatic carbocycles. The molecule has 5 atom stereocenters. The van der Waals surface area contributed by atoms with Crippen LogP contribution < -0.4 is 10.6 Å². The zero-order chi connectivity index (χ0) is 20.3. The summed E-state index contributed by atoms with van der Waals surface area (Å²) >= 11 is 0. The highest BCUT2D eigenvalue weighted by Gasteiger charge is 2.48. The van der Waals surface area contributed by atoms with Crippen molar-refractivity contribution in [3.05, 3.63) is 35.4 Å². The summed E-state index contributed by atoms with van der Waals surface area (Å²) in [5, 5.41) is 3.34. The quantitative estimate of drug-likeness (QED) is 0.553. The van der Waals surface area contributed by atoms with Gasteiger partial charge in [-0.05, 0) is 78.5 Å². The Kier molecular flexibility index (Phi) is 4.87. The molecule has 0 radical (unpaired) electrons. The minimum atomic E-state index is -2.89. The lowest BCUT2D eigenvalue weighted by atomic mass is 9.56. The number of hydrogen-bond acceptors (Lipinski definition) is 2. The SMILES string of the molecule is CC(C)(C)C(=O)Nc1cc2c(cc1[PH](=O)O)CCC1C2CC[C@]2(C)C=CCC12. The van der Waals surface area contributed by atoms with E-state index in [1.807, 2.05) is 32.9 Å². The summed E-state index contributed by atoms with van der Waals surface area (Å²) in [6, 6.07) is 3.92. The molecule has 1 aromatic rings. The molecule has 5 heteroatoms. The second-order valence-electron chi connectivity index (χ2n) is 10.2. The molecule has 0 spiro atoms. The lowest BCUT2D eigenvalue weighted by Crippen LogP contribution is -2.40. The number of hydrogen-bond donors (Lipinski definition) is 2. The van der Waals surface area contributed by atoms with Gasteiger partial charge in [0.25, 0.3) is 0 Å². The molecule has 3 aliphatic carbocycles. The predicted octanol–water partition coefficient (Wildman–Crippen LogP) is 4.79. The van der Waals surface area contributed by atoms with Crippen LogP contribution in [0, 0.1) is 22.7 Å². The summed E-state index contributed by atoms with van der Waals surface area (Å²) in [7, 11) is -2.89. The summed E-state index contributed by atoms with van der Waals surface area (Å²) in [4.78, 5) is 22.5. The van der Waals surface area contributed by atoms with Crippen LogP contribution in [0.2, 0.25) is 0 Å². The summed E-state index contributed by atoms with van der Waals surface area (Å²) in [5.41, 5.74) is 2.80. The van der Waals surface area contributed by atoms with Gasteiger partial charge >= 0.3 is 0 Å². The van der Waals surface area contributed by atoms with Gasteiger partial charge in [0, 0.05) is 5.41 Å². The first-order valence-electron chi connectivity index (χ1n) is 10.5. The van der Waals surface area contributed by atoms with Crippen LogP contribution in [0.5, 0.6) is 0 Å². The standard InChI is InChI=1S/C23H32NO3P/c1-22(2,3)21(25)24-19-13-17-14(12-20(19)28(26)27)7-8-16-15(17)9-11-23(4)10-5-6-18(16)23/h5,10,12-13,15-16,18,28H,6-9,11H2,1-4H3,(H,24,25)(H,26,27)/t15?,16?,18?,23-/m0/s1. The van der Waals surface area contributed by atoms with Crippen molar-refractivity contribution >= 4 is 24.9 Å². The maximum absolute atomic E-state index is 12.6. The van der Waals surface area contributed by atoms with Gasteiger partial charge < -0.3 is 10.2 Å². The molecular weight excluding hydrogens is 369 g/mol. The Morgan fingerprint density at radius 1 is 1.29 bits per heavy atom. The molecule has 3 aliphatic rings. The molecule has 0 aromatic heterocycles. The number of carbonyl (C=O) groups excluding carboxylic acids is 1. The number of aryl methyl sites for hydroxylation is 1. The van der Waals surface area contributed by atoms with Crippen molar-refractivity contribution in [2.45, 2.75) is 65.7 Å². The van der Waals surface area contributed by atoms with Crippen LogP contribution in [-0.4, -0.2) is 10.8 Å². The Morgan fingerprint density at radius 2 is 2.04 bits per heavy atom. The number of nitrogens with one attached hydrogen (secondary N) is 1. The molecule has 0 bridgehead atoms. The van der Waals surface area contributed by atoms with Gasteiger partial charge in [-0.25, -0.2) is 0 Å². The maximum atomic E-state index is 12.6. The third-order valence-electron chi connectivity index (χ3n) is 7.35. The van der Waals surface area contributed by atoms with Crippen LogP contribution in [0.25, 0.3) is 0 Å². The lowest BCUT2D eigenvalue weighted by molar-refractivity contribution is -0.123. The van der Waals surface area contributed by atoms with Gasteiger partial charge in [0.2, 0.25) is 13.9 Å². The van der Waals surface area contributed by atoms with Crippen molar-refractivity contribution in [1.29, 1.82) is 0 Å². The van der Waals surface area contributed by atoms with Crippen molar-refractivity contribution in [3.8, 4) is 0 Å². The predicted molar refractivity (Wildman–Crippen MR) is 115 cm³/mol. The average molecular weight is 401 g/mol. The highest BCUT2D eigenvalue weighted by Crippen LogP contribution is 2.58. The summed E-state index contributed by atoms with van der Waals surface area (Å²) in [6.07, 6.45) is 10.4. The Morgan fingerprint density at radius 3 is 2.71 bits per heavy atom. The Bertz CT molecular complexity index is 869. The largest absolute Gasteiger partial charge is 0.343 e. The van der Waals surface area contributed by atoms with Crippen LogP contribution in [0.3, 0.4) is 0 Å². The number of carbonyl (C=O) groups is 1. The molecule has 1 amide bonds. The fourth-order valence-corrected chi connectivity index (χ4v) is 6.36. The van der Waals surface area contributed by atoms with Crippen molar-refractivity contribution in [3.63, 3.8) is 0 Å². The average Bonchev–Trinajstić information content (AvgIpc) is 3.01. The van der Waals surface area contributed by atoms with Crippen molar-refractivity contribution in [2.24, 2.45) is 22.7 Å². The normalized spacial score (nSPS) is 32.2. The van der Waals surface area contributed by atoms with E-state index < -0.39 is 13.4 Å². The molecule has 28 heavy (non-hydrogen) atoms. The van der Waals surface area contributed by atoms with Gasteiger partial charge in [-0.2, -0.15) is 0 Å². The van der Waals surface area contributed by atoms with E-state index in [1.165, 1.54) is 24.0 Å². The van der Waals surface area contributed by atoms with Gasteiger partial charge in [0.15, 0.2) is 0 Å². The molecule has 0 saturated heterocycles. The molecule has 4 nitrogen and oxygen atoms in total. The molecule has 4 rings (SSSR count). The van der Waals surface area contributed by atoms with E-state index in [0.717, 1.165) is 19.3 Å². The van der Waals surface area contributed by atoms with E-state index in [9.17, 15) is 14.3 Å². The number of rotatable bonds is 2. The van der Waals surface area contributed by atoms with Crippen LogP contribution in [-0.2, 0) is 15.8 Å². The first kappa shape index (κ1) is 19.9. The first-order chi connectivity index (χ1) is 13.1. The second-order valence-corrected chi connectivity index (χ2v) is 11.4. The van der Waals surface area contributed by atoms with Crippen molar-refractivity contribution in [1.82, 2.24) is 0 Å². The highest BCUT2D eigenvalue weighted by atomic mass is 31.1. The van der Waals surface area contributed by atoms with Crippen LogP contribution in [0.4, 0.5) is 5.69 Å². The van der Waals surface area contributed by atoms with Crippen LogP contribution >= 0.6 is 8.03 Å². The third kappa shape index (κ3) is 3.29. The molecule has 0 heterocycles. The minimum absolute atomic E-state index is 0.125. The van der Waals surface area contributed by atoms with Gasteiger partial charge in [-0.1, -0.05) is 39.8 Å².